The molecule has 4 heterocycles. The number of hydrogen-bond acceptors (Lipinski definition) is 7. The lowest BCUT2D eigenvalue weighted by atomic mass is 9.84. The summed E-state index contributed by atoms with van der Waals surface area (Å²) in [6.07, 6.45) is 0. The van der Waals surface area contributed by atoms with Gasteiger partial charge in [-0.3, -0.25) is 24.1 Å². The summed E-state index contributed by atoms with van der Waals surface area (Å²) in [6, 6.07) is 16.4. The lowest BCUT2D eigenvalue weighted by molar-refractivity contribution is -0.121. The molecule has 43 heavy (non-hydrogen) atoms. The molecule has 0 aliphatic carbocycles. The Bertz CT molecular complexity index is 2130. The number of hydrogen-bond donors (Lipinski definition) is 0. The number of aryl methyl sites for hydroxylation is 3. The van der Waals surface area contributed by atoms with E-state index in [1.54, 1.807) is 61.5 Å². The van der Waals surface area contributed by atoms with Crippen LogP contribution in [0.5, 0.6) is 0 Å². The van der Waals surface area contributed by atoms with Gasteiger partial charge in [-0.2, -0.15) is 0 Å². The second kappa shape index (κ2) is 9.27. The van der Waals surface area contributed by atoms with E-state index in [9.17, 15) is 23.6 Å². The quantitative estimate of drug-likeness (QED) is 0.238. The zero-order valence-electron chi connectivity index (χ0n) is 23.6. The van der Waals surface area contributed by atoms with Gasteiger partial charge in [-0.1, -0.05) is 47.7 Å². The minimum absolute atomic E-state index is 0.0748. The Morgan fingerprint density at radius 3 is 2.42 bits per heavy atom. The number of aromatic nitrogens is 1. The number of fused-ring (bicyclic) bond motifs is 5. The molecule has 1 spiro atoms. The molecule has 0 saturated heterocycles. The van der Waals surface area contributed by atoms with Crippen molar-refractivity contribution in [3.8, 4) is 0 Å². The fourth-order valence-corrected chi connectivity index (χ4v) is 7.19. The SMILES string of the molecule is CC(=O)c1sc(N2C(=O)c3oc4cc(C)c(C)cc4c(=O)c3C23C(=O)N(Cc2ccccc2F)c2ccccc23)nc1C. The molecule has 10 heteroatoms. The number of Topliss-reactive ketones (excluding diaryl/α,β-unsaturated/α-hetero) is 1. The van der Waals surface area contributed by atoms with E-state index < -0.39 is 28.6 Å². The van der Waals surface area contributed by atoms with Gasteiger partial charge in [0.25, 0.3) is 11.8 Å². The van der Waals surface area contributed by atoms with Gasteiger partial charge < -0.3 is 9.32 Å². The summed E-state index contributed by atoms with van der Waals surface area (Å²) >= 11 is 0.969. The Hall–Kier alpha value is -4.96. The Morgan fingerprint density at radius 2 is 1.70 bits per heavy atom. The van der Waals surface area contributed by atoms with Gasteiger partial charge in [0.05, 0.1) is 33.8 Å². The third-order valence-electron chi connectivity index (χ3n) is 8.32. The van der Waals surface area contributed by atoms with Gasteiger partial charge in [0.1, 0.15) is 11.4 Å². The molecule has 0 saturated carbocycles. The number of halogens is 1. The first-order valence-electron chi connectivity index (χ1n) is 13.6. The van der Waals surface area contributed by atoms with Crippen LogP contribution in [0.3, 0.4) is 0 Å². The summed E-state index contributed by atoms with van der Waals surface area (Å²) in [5.41, 5.74) is 0.716. The van der Waals surface area contributed by atoms with Crippen LogP contribution in [-0.2, 0) is 16.9 Å². The van der Waals surface area contributed by atoms with Crippen molar-refractivity contribution >= 4 is 50.7 Å². The standard InChI is InChI=1S/C33H24FN3O5S/c1-16-13-21-25(14-17(16)2)42-28-26(27(21)39)33(37(30(28)40)32-35-18(3)29(43-32)19(4)38)22-10-6-8-12-24(22)36(31(33)41)15-20-9-5-7-11-23(20)34/h5-14H,15H2,1-4H3. The molecule has 3 aromatic carbocycles. The predicted octanol–water partition coefficient (Wildman–Crippen LogP) is 5.97. The number of ketones is 1. The summed E-state index contributed by atoms with van der Waals surface area (Å²) < 4.78 is 21.1. The maximum absolute atomic E-state index is 15.0. The van der Waals surface area contributed by atoms with Crippen molar-refractivity contribution in [2.75, 3.05) is 9.80 Å². The molecule has 0 N–H and O–H groups in total. The van der Waals surface area contributed by atoms with E-state index in [2.05, 4.69) is 4.98 Å². The van der Waals surface area contributed by atoms with E-state index in [1.165, 1.54) is 22.8 Å². The van der Waals surface area contributed by atoms with Gasteiger partial charge in [0.15, 0.2) is 21.9 Å². The maximum Gasteiger partial charge on any atom is 0.297 e. The molecule has 2 amide bonds. The van der Waals surface area contributed by atoms with Crippen LogP contribution in [0.2, 0.25) is 0 Å². The molecule has 2 aliphatic heterocycles. The second-order valence-corrected chi connectivity index (χ2v) is 11.9. The average Bonchev–Trinajstić information content (AvgIpc) is 3.56. The van der Waals surface area contributed by atoms with Gasteiger partial charge in [0, 0.05) is 18.1 Å². The number of amides is 2. The van der Waals surface area contributed by atoms with Crippen molar-refractivity contribution in [3.63, 3.8) is 0 Å². The summed E-state index contributed by atoms with van der Waals surface area (Å²) in [5, 5.41) is 0.305. The Balaban J connectivity index is 1.58. The second-order valence-electron chi connectivity index (χ2n) is 10.9. The number of carbonyl (C=O) groups is 3. The minimum Gasteiger partial charge on any atom is -0.450 e. The molecule has 8 nitrogen and oxygen atoms in total. The van der Waals surface area contributed by atoms with E-state index in [1.807, 2.05) is 13.8 Å². The molecule has 0 radical (unpaired) electrons. The molecule has 2 aromatic heterocycles. The third kappa shape index (κ3) is 3.56. The fourth-order valence-electron chi connectivity index (χ4n) is 6.18. The van der Waals surface area contributed by atoms with Crippen molar-refractivity contribution < 1.29 is 23.2 Å². The molecular formula is C33H24FN3O5S. The monoisotopic (exact) mass is 593 g/mol. The highest BCUT2D eigenvalue weighted by Crippen LogP contribution is 2.55. The van der Waals surface area contributed by atoms with Crippen LogP contribution < -0.4 is 15.2 Å². The topological polar surface area (TPSA) is 101 Å². The van der Waals surface area contributed by atoms with E-state index in [0.717, 1.165) is 22.5 Å². The first-order chi connectivity index (χ1) is 20.5. The number of thiazole rings is 1. The van der Waals surface area contributed by atoms with E-state index in [-0.39, 0.29) is 45.3 Å². The Labute approximate surface area is 249 Å². The maximum atomic E-state index is 15.0. The van der Waals surface area contributed by atoms with Crippen LogP contribution in [0.25, 0.3) is 11.0 Å². The molecule has 214 valence electrons. The number of rotatable bonds is 4. The van der Waals surface area contributed by atoms with Crippen molar-refractivity contribution in [3.05, 3.63) is 121 Å². The third-order valence-corrected chi connectivity index (χ3v) is 9.57. The zero-order valence-corrected chi connectivity index (χ0v) is 24.5. The molecule has 0 fully saturated rings. The van der Waals surface area contributed by atoms with Crippen molar-refractivity contribution in [1.29, 1.82) is 0 Å². The van der Waals surface area contributed by atoms with Gasteiger partial charge in [-0.05, 0) is 56.2 Å². The molecule has 0 bridgehead atoms. The van der Waals surface area contributed by atoms with Crippen LogP contribution in [0.4, 0.5) is 15.2 Å². The van der Waals surface area contributed by atoms with Crippen LogP contribution in [-0.4, -0.2) is 22.6 Å². The van der Waals surface area contributed by atoms with Gasteiger partial charge >= 0.3 is 0 Å². The number of para-hydroxylation sites is 1. The number of nitrogens with zero attached hydrogens (tertiary/aromatic N) is 3. The summed E-state index contributed by atoms with van der Waals surface area (Å²) in [6.45, 7) is 6.64. The van der Waals surface area contributed by atoms with E-state index in [4.69, 9.17) is 4.42 Å². The number of anilines is 2. The first-order valence-corrected chi connectivity index (χ1v) is 14.4. The molecule has 2 aliphatic rings. The van der Waals surface area contributed by atoms with Gasteiger partial charge in [0.2, 0.25) is 5.76 Å². The molecule has 5 aromatic rings. The Kier molecular flexibility index (Phi) is 5.80. The average molecular weight is 594 g/mol. The van der Waals surface area contributed by atoms with Gasteiger partial charge in [-0.25, -0.2) is 9.37 Å². The molecule has 1 unspecified atom stereocenters. The highest BCUT2D eigenvalue weighted by molar-refractivity contribution is 7.17. The lowest BCUT2D eigenvalue weighted by Crippen LogP contribution is -2.53. The largest absolute Gasteiger partial charge is 0.450 e. The molecule has 1 atom stereocenters. The number of benzene rings is 3. The first kappa shape index (κ1) is 26.9. The van der Waals surface area contributed by atoms with Crippen LogP contribution in [0.15, 0.2) is 69.9 Å². The summed E-state index contributed by atoms with van der Waals surface area (Å²) in [7, 11) is 0. The summed E-state index contributed by atoms with van der Waals surface area (Å²) in [5.74, 6) is -2.37. The normalized spacial score (nSPS) is 17.3. The van der Waals surface area contributed by atoms with Crippen LogP contribution in [0.1, 0.15) is 60.7 Å². The molecule has 7 rings (SSSR count). The lowest BCUT2D eigenvalue weighted by Gasteiger charge is -2.32. The highest BCUT2D eigenvalue weighted by atomic mass is 32.1. The van der Waals surface area contributed by atoms with Crippen molar-refractivity contribution in [2.45, 2.75) is 39.8 Å². The fraction of sp³-hybridized carbons (Fsp3) is 0.182. The van der Waals surface area contributed by atoms with Crippen LogP contribution in [0, 0.1) is 26.6 Å². The predicted molar refractivity (Wildman–Crippen MR) is 160 cm³/mol. The number of carbonyl (C=O) groups excluding carboxylic acids is 3. The van der Waals surface area contributed by atoms with Crippen molar-refractivity contribution in [1.82, 2.24) is 4.98 Å². The smallest absolute Gasteiger partial charge is 0.297 e. The van der Waals surface area contributed by atoms with Gasteiger partial charge in [-0.15, -0.1) is 0 Å². The van der Waals surface area contributed by atoms with Crippen molar-refractivity contribution in [2.24, 2.45) is 0 Å². The van der Waals surface area contributed by atoms with Crippen LogP contribution >= 0.6 is 11.3 Å². The summed E-state index contributed by atoms with van der Waals surface area (Å²) in [4.78, 5) is 63.7. The zero-order chi connectivity index (χ0) is 30.4. The highest BCUT2D eigenvalue weighted by Gasteiger charge is 2.66. The molecular weight excluding hydrogens is 569 g/mol. The van der Waals surface area contributed by atoms with E-state index in [0.29, 0.717) is 21.8 Å². The Morgan fingerprint density at radius 1 is 1.00 bits per heavy atom. The minimum atomic E-state index is -2.00. The van der Waals surface area contributed by atoms with E-state index >= 15 is 0 Å².